The molecule has 0 aliphatic heterocycles. The fraction of sp³-hybridized carbons (Fsp3) is 0.222. The van der Waals surface area contributed by atoms with Crippen molar-refractivity contribution in [2.45, 2.75) is 26.4 Å². The topological polar surface area (TPSA) is 55.4 Å². The average Bonchev–Trinajstić information content (AvgIpc) is 2.57. The molecule has 0 heterocycles. The smallest absolute Gasteiger partial charge is 0.338 e. The third-order valence-corrected chi connectivity index (χ3v) is 3.75. The van der Waals surface area contributed by atoms with Gasteiger partial charge < -0.3 is 10.1 Å². The molecule has 6 heteroatoms. The van der Waals surface area contributed by atoms with Crippen molar-refractivity contribution >= 4 is 29.2 Å². The summed E-state index contributed by atoms with van der Waals surface area (Å²) in [7, 11) is 0. The van der Waals surface area contributed by atoms with Gasteiger partial charge in [-0.15, -0.1) is 0 Å². The van der Waals surface area contributed by atoms with Gasteiger partial charge in [-0.1, -0.05) is 30.7 Å². The Kier molecular flexibility index (Phi) is 5.93. The first kappa shape index (κ1) is 17.9. The van der Waals surface area contributed by atoms with Gasteiger partial charge in [0.15, 0.2) is 6.10 Å². The number of aryl methyl sites for hydroxylation is 1. The number of halogens is 2. The Morgan fingerprint density at radius 1 is 1.21 bits per heavy atom. The number of hydrogen-bond donors (Lipinski definition) is 1. The Bertz CT molecular complexity index is 746. The molecule has 2 rings (SSSR count). The lowest BCUT2D eigenvalue weighted by molar-refractivity contribution is -0.123. The molecule has 0 unspecified atom stereocenters. The minimum atomic E-state index is -1.02. The van der Waals surface area contributed by atoms with Crippen LogP contribution in [0.1, 0.15) is 29.8 Å². The van der Waals surface area contributed by atoms with Crippen LogP contribution in [0.4, 0.5) is 10.1 Å². The monoisotopic (exact) mass is 349 g/mol. The van der Waals surface area contributed by atoms with E-state index in [1.165, 1.54) is 19.1 Å². The minimum Gasteiger partial charge on any atom is -0.449 e. The Morgan fingerprint density at radius 2 is 1.88 bits per heavy atom. The summed E-state index contributed by atoms with van der Waals surface area (Å²) in [5.41, 5.74) is 1.72. The molecule has 0 saturated heterocycles. The first-order valence-electron chi connectivity index (χ1n) is 7.46. The van der Waals surface area contributed by atoms with Gasteiger partial charge in [0.1, 0.15) is 5.82 Å². The van der Waals surface area contributed by atoms with Gasteiger partial charge in [-0.2, -0.15) is 0 Å². The summed E-state index contributed by atoms with van der Waals surface area (Å²) in [6.45, 7) is 3.46. The van der Waals surface area contributed by atoms with Crippen LogP contribution in [-0.2, 0) is 16.0 Å². The average molecular weight is 350 g/mol. The Balaban J connectivity index is 1.98. The standard InChI is InChI=1S/C18H17ClFNO3/c1-3-12-4-6-13(7-5-12)18(23)24-11(2)17(22)21-16-9-8-14(20)10-15(16)19/h4-11H,3H2,1-2H3,(H,21,22)/t11-/m0/s1. The van der Waals surface area contributed by atoms with E-state index in [0.29, 0.717) is 5.56 Å². The Hall–Kier alpha value is -2.40. The van der Waals surface area contributed by atoms with Crippen LogP contribution in [-0.4, -0.2) is 18.0 Å². The van der Waals surface area contributed by atoms with Crippen molar-refractivity contribution < 1.29 is 18.7 Å². The van der Waals surface area contributed by atoms with Crippen LogP contribution in [0.25, 0.3) is 0 Å². The number of carbonyl (C=O) groups is 2. The van der Waals surface area contributed by atoms with Gasteiger partial charge in [-0.25, -0.2) is 9.18 Å². The second-order valence-corrected chi connectivity index (χ2v) is 5.62. The number of ether oxygens (including phenoxy) is 1. The van der Waals surface area contributed by atoms with Crippen molar-refractivity contribution in [2.75, 3.05) is 5.32 Å². The third-order valence-electron chi connectivity index (χ3n) is 3.44. The predicted octanol–water partition coefficient (Wildman–Crippen LogP) is 4.23. The molecule has 0 radical (unpaired) electrons. The highest BCUT2D eigenvalue weighted by Gasteiger charge is 2.20. The van der Waals surface area contributed by atoms with Gasteiger partial charge in [0, 0.05) is 0 Å². The first-order chi connectivity index (χ1) is 11.4. The van der Waals surface area contributed by atoms with E-state index >= 15 is 0 Å². The van der Waals surface area contributed by atoms with Crippen molar-refractivity contribution in [1.82, 2.24) is 0 Å². The van der Waals surface area contributed by atoms with Gasteiger partial charge in [0.25, 0.3) is 5.91 Å². The molecule has 0 aliphatic rings. The van der Waals surface area contributed by atoms with E-state index in [1.807, 2.05) is 19.1 Å². The van der Waals surface area contributed by atoms with Gasteiger partial charge in [0.05, 0.1) is 16.3 Å². The first-order valence-corrected chi connectivity index (χ1v) is 7.84. The van der Waals surface area contributed by atoms with Crippen LogP contribution in [0.3, 0.4) is 0 Å². The Morgan fingerprint density at radius 3 is 2.46 bits per heavy atom. The zero-order valence-electron chi connectivity index (χ0n) is 13.3. The molecule has 0 bridgehead atoms. The zero-order chi connectivity index (χ0) is 17.7. The molecule has 126 valence electrons. The van der Waals surface area contributed by atoms with Gasteiger partial charge in [-0.3, -0.25) is 4.79 Å². The molecular formula is C18H17ClFNO3. The minimum absolute atomic E-state index is 0.0667. The van der Waals surface area contributed by atoms with Gasteiger partial charge in [-0.05, 0) is 49.2 Å². The molecule has 1 N–H and O–H groups in total. The molecule has 0 aromatic heterocycles. The molecule has 0 aliphatic carbocycles. The van der Waals surface area contributed by atoms with E-state index in [1.54, 1.807) is 12.1 Å². The lowest BCUT2D eigenvalue weighted by Gasteiger charge is -2.14. The summed E-state index contributed by atoms with van der Waals surface area (Å²) in [4.78, 5) is 24.1. The molecule has 4 nitrogen and oxygen atoms in total. The zero-order valence-corrected chi connectivity index (χ0v) is 14.1. The highest BCUT2D eigenvalue weighted by atomic mass is 35.5. The molecule has 24 heavy (non-hydrogen) atoms. The summed E-state index contributed by atoms with van der Waals surface area (Å²) < 4.78 is 18.1. The maximum absolute atomic E-state index is 13.0. The number of anilines is 1. The molecule has 0 fully saturated rings. The lowest BCUT2D eigenvalue weighted by atomic mass is 10.1. The van der Waals surface area contributed by atoms with Crippen molar-refractivity contribution in [3.8, 4) is 0 Å². The predicted molar refractivity (Wildman–Crippen MR) is 90.7 cm³/mol. The van der Waals surface area contributed by atoms with E-state index < -0.39 is 23.8 Å². The fourth-order valence-corrected chi connectivity index (χ4v) is 2.20. The molecule has 2 aromatic carbocycles. The summed E-state index contributed by atoms with van der Waals surface area (Å²) in [6.07, 6.45) is -0.156. The molecule has 2 aromatic rings. The van der Waals surface area contributed by atoms with Crippen molar-refractivity contribution in [1.29, 1.82) is 0 Å². The van der Waals surface area contributed by atoms with Crippen molar-refractivity contribution in [3.05, 3.63) is 64.4 Å². The summed E-state index contributed by atoms with van der Waals surface area (Å²) in [6, 6.07) is 10.6. The molecule has 1 atom stereocenters. The summed E-state index contributed by atoms with van der Waals surface area (Å²) in [5, 5.41) is 2.56. The number of amides is 1. The van der Waals surface area contributed by atoms with Crippen LogP contribution in [0, 0.1) is 5.82 Å². The Labute approximate surface area is 144 Å². The largest absolute Gasteiger partial charge is 0.449 e. The van der Waals surface area contributed by atoms with Crippen molar-refractivity contribution in [2.24, 2.45) is 0 Å². The number of benzene rings is 2. The van der Waals surface area contributed by atoms with E-state index in [9.17, 15) is 14.0 Å². The van der Waals surface area contributed by atoms with Gasteiger partial charge in [0.2, 0.25) is 0 Å². The van der Waals surface area contributed by atoms with E-state index in [-0.39, 0.29) is 10.7 Å². The molecule has 0 spiro atoms. The van der Waals surface area contributed by atoms with E-state index in [0.717, 1.165) is 18.1 Å². The third kappa shape index (κ3) is 4.55. The molecular weight excluding hydrogens is 333 g/mol. The fourth-order valence-electron chi connectivity index (χ4n) is 1.98. The highest BCUT2D eigenvalue weighted by molar-refractivity contribution is 6.33. The molecule has 1 amide bonds. The van der Waals surface area contributed by atoms with Crippen LogP contribution in [0.5, 0.6) is 0 Å². The number of rotatable bonds is 5. The summed E-state index contributed by atoms with van der Waals surface area (Å²) >= 11 is 5.85. The number of nitrogens with one attached hydrogen (secondary N) is 1. The molecule has 0 saturated carbocycles. The maximum Gasteiger partial charge on any atom is 0.338 e. The van der Waals surface area contributed by atoms with E-state index in [4.69, 9.17) is 16.3 Å². The van der Waals surface area contributed by atoms with Crippen LogP contribution in [0.15, 0.2) is 42.5 Å². The number of esters is 1. The lowest BCUT2D eigenvalue weighted by Crippen LogP contribution is -2.30. The number of carbonyl (C=O) groups excluding carboxylic acids is 2. The van der Waals surface area contributed by atoms with Crippen LogP contribution in [0.2, 0.25) is 5.02 Å². The van der Waals surface area contributed by atoms with Crippen LogP contribution >= 0.6 is 11.6 Å². The van der Waals surface area contributed by atoms with Gasteiger partial charge >= 0.3 is 5.97 Å². The van der Waals surface area contributed by atoms with Crippen LogP contribution < -0.4 is 5.32 Å². The highest BCUT2D eigenvalue weighted by Crippen LogP contribution is 2.22. The normalized spacial score (nSPS) is 11.7. The number of hydrogen-bond acceptors (Lipinski definition) is 3. The second kappa shape index (κ2) is 7.93. The van der Waals surface area contributed by atoms with Crippen molar-refractivity contribution in [3.63, 3.8) is 0 Å². The quantitative estimate of drug-likeness (QED) is 0.822. The summed E-state index contributed by atoms with van der Waals surface area (Å²) in [5.74, 6) is -1.65. The SMILES string of the molecule is CCc1ccc(C(=O)O[C@@H](C)C(=O)Nc2ccc(F)cc2Cl)cc1. The maximum atomic E-state index is 13.0. The second-order valence-electron chi connectivity index (χ2n) is 5.21. The van der Waals surface area contributed by atoms with E-state index in [2.05, 4.69) is 5.32 Å².